The van der Waals surface area contributed by atoms with E-state index in [4.69, 9.17) is 11.6 Å². The average molecular weight is 437 g/mol. The monoisotopic (exact) mass is 436 g/mol. The molecular formula is C24H22ClFN4O. The van der Waals surface area contributed by atoms with E-state index >= 15 is 0 Å². The number of fused-ring (bicyclic) bond motifs is 1. The minimum atomic E-state index is -0.723. The van der Waals surface area contributed by atoms with E-state index in [-0.39, 0.29) is 5.82 Å². The van der Waals surface area contributed by atoms with Crippen LogP contribution in [0.15, 0.2) is 61.1 Å². The summed E-state index contributed by atoms with van der Waals surface area (Å²) in [5, 5.41) is 11.1. The molecule has 5 nitrogen and oxygen atoms in total. The van der Waals surface area contributed by atoms with Crippen LogP contribution in [0, 0.1) is 5.82 Å². The molecule has 0 aliphatic rings. The van der Waals surface area contributed by atoms with Gasteiger partial charge in [-0.1, -0.05) is 29.8 Å². The minimum Gasteiger partial charge on any atom is -0.385 e. The zero-order valence-corrected chi connectivity index (χ0v) is 18.0. The van der Waals surface area contributed by atoms with Crippen LogP contribution in [-0.4, -0.2) is 26.6 Å². The van der Waals surface area contributed by atoms with Crippen LogP contribution in [0.4, 0.5) is 10.1 Å². The van der Waals surface area contributed by atoms with Gasteiger partial charge in [0.05, 0.1) is 16.2 Å². The van der Waals surface area contributed by atoms with E-state index in [0.29, 0.717) is 29.6 Å². The Morgan fingerprint density at radius 3 is 2.45 bits per heavy atom. The summed E-state index contributed by atoms with van der Waals surface area (Å²) in [4.78, 5) is 14.9. The summed E-state index contributed by atoms with van der Waals surface area (Å²) in [6.45, 7) is 4.67. The summed E-state index contributed by atoms with van der Waals surface area (Å²) in [7, 11) is 0. The lowest BCUT2D eigenvalue weighted by molar-refractivity contribution is 0.189. The predicted molar refractivity (Wildman–Crippen MR) is 122 cm³/mol. The Morgan fingerprint density at radius 1 is 1.03 bits per heavy atom. The van der Waals surface area contributed by atoms with Gasteiger partial charge in [0.25, 0.3) is 0 Å². The molecule has 0 saturated heterocycles. The maximum atomic E-state index is 14.4. The number of rotatable bonds is 6. The standard InChI is InChI=1S/C24H22ClFN4O/c1-3-30(23-7-5-4-6-21(23)26)14-19-18-10-16(8-9-22(18)27-13-20(19)25)17-11-28-24(15(2)31)29-12-17/h4-13,15,31H,3,14H2,1-2H3. The van der Waals surface area contributed by atoms with Crippen LogP contribution in [-0.2, 0) is 6.54 Å². The minimum absolute atomic E-state index is 0.269. The number of halogens is 2. The van der Waals surface area contributed by atoms with Crippen molar-refractivity contribution in [2.75, 3.05) is 11.4 Å². The maximum Gasteiger partial charge on any atom is 0.156 e. The van der Waals surface area contributed by atoms with Crippen molar-refractivity contribution < 1.29 is 9.50 Å². The second-order valence-electron chi connectivity index (χ2n) is 7.29. The van der Waals surface area contributed by atoms with E-state index in [2.05, 4.69) is 15.0 Å². The quantitative estimate of drug-likeness (QED) is 0.428. The largest absolute Gasteiger partial charge is 0.385 e. The van der Waals surface area contributed by atoms with Gasteiger partial charge in [0.2, 0.25) is 0 Å². The highest BCUT2D eigenvalue weighted by molar-refractivity contribution is 6.32. The molecule has 4 rings (SSSR count). The van der Waals surface area contributed by atoms with Crippen molar-refractivity contribution in [3.05, 3.63) is 83.3 Å². The molecule has 0 fully saturated rings. The molecule has 1 atom stereocenters. The maximum absolute atomic E-state index is 14.4. The molecule has 7 heteroatoms. The number of anilines is 1. The van der Waals surface area contributed by atoms with Crippen molar-refractivity contribution >= 4 is 28.2 Å². The van der Waals surface area contributed by atoms with Crippen molar-refractivity contribution in [3.63, 3.8) is 0 Å². The third-order valence-corrected chi connectivity index (χ3v) is 5.56. The molecule has 0 aliphatic heterocycles. The molecule has 2 heterocycles. The van der Waals surface area contributed by atoms with Gasteiger partial charge in [0, 0.05) is 48.2 Å². The zero-order valence-electron chi connectivity index (χ0n) is 17.3. The lowest BCUT2D eigenvalue weighted by Gasteiger charge is -2.25. The van der Waals surface area contributed by atoms with E-state index < -0.39 is 6.10 Å². The second-order valence-corrected chi connectivity index (χ2v) is 7.70. The highest BCUT2D eigenvalue weighted by Crippen LogP contribution is 2.31. The van der Waals surface area contributed by atoms with Gasteiger partial charge in [-0.05, 0) is 43.7 Å². The van der Waals surface area contributed by atoms with Crippen molar-refractivity contribution in [3.8, 4) is 11.1 Å². The van der Waals surface area contributed by atoms with Crippen molar-refractivity contribution in [1.29, 1.82) is 0 Å². The number of aromatic nitrogens is 3. The molecule has 1 unspecified atom stereocenters. The molecule has 0 radical (unpaired) electrons. The fraction of sp³-hybridized carbons (Fsp3) is 0.208. The van der Waals surface area contributed by atoms with E-state index in [0.717, 1.165) is 27.6 Å². The van der Waals surface area contributed by atoms with Crippen LogP contribution >= 0.6 is 11.6 Å². The van der Waals surface area contributed by atoms with Gasteiger partial charge in [0.15, 0.2) is 5.82 Å². The SMILES string of the molecule is CCN(Cc1c(Cl)cnc2ccc(-c3cnc(C(C)O)nc3)cc12)c1ccccc1F. The molecule has 31 heavy (non-hydrogen) atoms. The van der Waals surface area contributed by atoms with Crippen molar-refractivity contribution in [2.45, 2.75) is 26.5 Å². The van der Waals surface area contributed by atoms with Gasteiger partial charge in [-0.25, -0.2) is 14.4 Å². The molecule has 0 saturated carbocycles. The molecule has 1 N–H and O–H groups in total. The first-order valence-corrected chi connectivity index (χ1v) is 10.4. The number of pyridine rings is 1. The fourth-order valence-electron chi connectivity index (χ4n) is 3.53. The molecule has 158 valence electrons. The first-order valence-electron chi connectivity index (χ1n) is 10.0. The van der Waals surface area contributed by atoms with Crippen molar-refractivity contribution in [1.82, 2.24) is 15.0 Å². The third-order valence-electron chi connectivity index (χ3n) is 5.23. The van der Waals surface area contributed by atoms with Crippen LogP contribution in [0.5, 0.6) is 0 Å². The summed E-state index contributed by atoms with van der Waals surface area (Å²) in [5.41, 5.74) is 3.93. The Hall–Kier alpha value is -3.09. The van der Waals surface area contributed by atoms with Gasteiger partial charge in [-0.3, -0.25) is 4.98 Å². The zero-order chi connectivity index (χ0) is 22.0. The lowest BCUT2D eigenvalue weighted by Crippen LogP contribution is -2.23. The number of nitrogens with zero attached hydrogens (tertiary/aromatic N) is 4. The lowest BCUT2D eigenvalue weighted by atomic mass is 10.0. The predicted octanol–water partition coefficient (Wildman–Crippen LogP) is 5.56. The molecule has 0 aliphatic carbocycles. The van der Waals surface area contributed by atoms with Crippen LogP contribution in [0.3, 0.4) is 0 Å². The Morgan fingerprint density at radius 2 is 1.77 bits per heavy atom. The smallest absolute Gasteiger partial charge is 0.156 e. The Balaban J connectivity index is 1.77. The van der Waals surface area contributed by atoms with Crippen LogP contribution in [0.2, 0.25) is 5.02 Å². The first kappa shape index (κ1) is 21.2. The summed E-state index contributed by atoms with van der Waals surface area (Å²) in [6.07, 6.45) is 4.28. The van der Waals surface area contributed by atoms with Gasteiger partial charge in [-0.2, -0.15) is 0 Å². The number of hydrogen-bond acceptors (Lipinski definition) is 5. The van der Waals surface area contributed by atoms with Gasteiger partial charge in [0.1, 0.15) is 11.9 Å². The van der Waals surface area contributed by atoms with E-state index in [1.165, 1.54) is 6.07 Å². The third kappa shape index (κ3) is 4.36. The number of benzene rings is 2. The summed E-state index contributed by atoms with van der Waals surface area (Å²) >= 11 is 6.55. The highest BCUT2D eigenvalue weighted by atomic mass is 35.5. The molecule has 0 spiro atoms. The first-order chi connectivity index (χ1) is 15.0. The normalized spacial score (nSPS) is 12.2. The number of aliphatic hydroxyl groups excluding tert-OH is 1. The number of aliphatic hydroxyl groups is 1. The van der Waals surface area contributed by atoms with E-state index in [1.807, 2.05) is 36.1 Å². The number of hydrogen-bond donors (Lipinski definition) is 1. The summed E-state index contributed by atoms with van der Waals surface area (Å²) in [5.74, 6) is 0.105. The number of para-hydroxylation sites is 1. The van der Waals surface area contributed by atoms with Gasteiger partial charge < -0.3 is 10.0 Å². The van der Waals surface area contributed by atoms with Crippen LogP contribution in [0.1, 0.15) is 31.3 Å². The Labute approximate surface area is 185 Å². The fourth-order valence-corrected chi connectivity index (χ4v) is 3.74. The van der Waals surface area contributed by atoms with Crippen molar-refractivity contribution in [2.24, 2.45) is 0 Å². The molecule has 2 aromatic carbocycles. The van der Waals surface area contributed by atoms with E-state index in [1.54, 1.807) is 37.6 Å². The summed E-state index contributed by atoms with van der Waals surface area (Å²) < 4.78 is 14.4. The molecule has 2 aromatic heterocycles. The highest BCUT2D eigenvalue weighted by Gasteiger charge is 2.16. The molecular weight excluding hydrogens is 415 g/mol. The Kier molecular flexibility index (Phi) is 6.11. The topological polar surface area (TPSA) is 62.1 Å². The van der Waals surface area contributed by atoms with Crippen LogP contribution < -0.4 is 4.90 Å². The Bertz CT molecular complexity index is 1210. The van der Waals surface area contributed by atoms with Crippen LogP contribution in [0.25, 0.3) is 22.0 Å². The molecule has 0 amide bonds. The van der Waals surface area contributed by atoms with Gasteiger partial charge >= 0.3 is 0 Å². The molecule has 4 aromatic rings. The summed E-state index contributed by atoms with van der Waals surface area (Å²) in [6, 6.07) is 12.6. The molecule has 0 bridgehead atoms. The van der Waals surface area contributed by atoms with Gasteiger partial charge in [-0.15, -0.1) is 0 Å². The van der Waals surface area contributed by atoms with E-state index in [9.17, 15) is 9.50 Å². The average Bonchev–Trinajstić information content (AvgIpc) is 2.79. The second kappa shape index (κ2) is 8.96.